The van der Waals surface area contributed by atoms with E-state index in [0.29, 0.717) is 16.9 Å². The standard InChI is InChI=1S/C13H14O4S/c1-9(14)18-7-3-4-10-5-6-11(8-12(10)15)13(16)17-2/h3-6,8,15H,7H2,1-2H3. The van der Waals surface area contributed by atoms with Crippen molar-refractivity contribution in [3.05, 3.63) is 35.4 Å². The van der Waals surface area contributed by atoms with Gasteiger partial charge in [-0.15, -0.1) is 0 Å². The lowest BCUT2D eigenvalue weighted by Gasteiger charge is -2.02. The Labute approximate surface area is 110 Å². The van der Waals surface area contributed by atoms with E-state index in [-0.39, 0.29) is 10.9 Å². The first-order valence-electron chi connectivity index (χ1n) is 5.26. The molecule has 0 aliphatic rings. The molecule has 0 radical (unpaired) electrons. The number of aromatic hydroxyl groups is 1. The largest absolute Gasteiger partial charge is 0.507 e. The summed E-state index contributed by atoms with van der Waals surface area (Å²) < 4.78 is 4.55. The third-order valence-corrected chi connectivity index (χ3v) is 2.90. The lowest BCUT2D eigenvalue weighted by molar-refractivity contribution is -0.109. The molecule has 0 aromatic heterocycles. The van der Waals surface area contributed by atoms with Gasteiger partial charge in [0.1, 0.15) is 5.75 Å². The van der Waals surface area contributed by atoms with E-state index < -0.39 is 5.97 Å². The van der Waals surface area contributed by atoms with Crippen LogP contribution in [0.1, 0.15) is 22.8 Å². The summed E-state index contributed by atoms with van der Waals surface area (Å²) in [6.45, 7) is 1.50. The number of methoxy groups -OCH3 is 1. The number of rotatable bonds is 4. The Kier molecular flexibility index (Phi) is 5.45. The number of esters is 1. The van der Waals surface area contributed by atoms with Gasteiger partial charge in [-0.2, -0.15) is 0 Å². The second-order valence-electron chi connectivity index (χ2n) is 3.47. The highest BCUT2D eigenvalue weighted by Gasteiger charge is 2.07. The van der Waals surface area contributed by atoms with E-state index in [0.717, 1.165) is 0 Å². The van der Waals surface area contributed by atoms with Crippen LogP contribution in [0.5, 0.6) is 5.75 Å². The number of hydrogen-bond acceptors (Lipinski definition) is 5. The molecule has 0 aliphatic heterocycles. The predicted octanol–water partition coefficient (Wildman–Crippen LogP) is 2.47. The second kappa shape index (κ2) is 6.86. The molecule has 1 rings (SSSR count). The monoisotopic (exact) mass is 266 g/mol. The molecule has 0 bridgehead atoms. The van der Waals surface area contributed by atoms with Crippen molar-refractivity contribution in [2.45, 2.75) is 6.92 Å². The van der Waals surface area contributed by atoms with Crippen molar-refractivity contribution in [2.24, 2.45) is 0 Å². The highest BCUT2D eigenvalue weighted by Crippen LogP contribution is 2.21. The van der Waals surface area contributed by atoms with Crippen LogP contribution in [0.4, 0.5) is 0 Å². The van der Waals surface area contributed by atoms with Crippen molar-refractivity contribution in [1.29, 1.82) is 0 Å². The zero-order valence-electron chi connectivity index (χ0n) is 10.2. The molecule has 0 saturated carbocycles. The quantitative estimate of drug-likeness (QED) is 0.848. The van der Waals surface area contributed by atoms with Crippen LogP contribution < -0.4 is 0 Å². The number of phenolic OH excluding ortho intramolecular Hbond substituents is 1. The number of phenols is 1. The molecule has 0 spiro atoms. The Hall–Kier alpha value is -1.75. The summed E-state index contributed by atoms with van der Waals surface area (Å²) in [6.07, 6.45) is 3.48. The molecule has 4 nitrogen and oxygen atoms in total. The summed E-state index contributed by atoms with van der Waals surface area (Å²) in [7, 11) is 1.28. The van der Waals surface area contributed by atoms with Gasteiger partial charge in [0, 0.05) is 18.2 Å². The number of benzene rings is 1. The number of carbonyl (C=O) groups excluding carboxylic acids is 2. The fourth-order valence-electron chi connectivity index (χ4n) is 1.27. The van der Waals surface area contributed by atoms with E-state index in [9.17, 15) is 14.7 Å². The summed E-state index contributed by atoms with van der Waals surface area (Å²) in [6, 6.07) is 4.55. The van der Waals surface area contributed by atoms with Crippen molar-refractivity contribution in [1.82, 2.24) is 0 Å². The first-order chi connectivity index (χ1) is 8.54. The van der Waals surface area contributed by atoms with Crippen LogP contribution in [0.2, 0.25) is 0 Å². The molecule has 0 aliphatic carbocycles. The Balaban J connectivity index is 2.73. The molecular weight excluding hydrogens is 252 g/mol. The van der Waals surface area contributed by atoms with Crippen LogP contribution in [0.15, 0.2) is 24.3 Å². The molecule has 18 heavy (non-hydrogen) atoms. The molecular formula is C13H14O4S. The maximum absolute atomic E-state index is 11.2. The summed E-state index contributed by atoms with van der Waals surface area (Å²) in [4.78, 5) is 21.9. The molecule has 0 heterocycles. The highest BCUT2D eigenvalue weighted by atomic mass is 32.2. The molecule has 0 unspecified atom stereocenters. The van der Waals surface area contributed by atoms with E-state index in [1.165, 1.54) is 31.9 Å². The third-order valence-electron chi connectivity index (χ3n) is 2.13. The first kappa shape index (κ1) is 14.3. The lowest BCUT2D eigenvalue weighted by atomic mass is 10.1. The predicted molar refractivity (Wildman–Crippen MR) is 71.6 cm³/mol. The lowest BCUT2D eigenvalue weighted by Crippen LogP contribution is -2.00. The zero-order chi connectivity index (χ0) is 13.5. The van der Waals surface area contributed by atoms with Crippen LogP contribution in [0.3, 0.4) is 0 Å². The molecule has 96 valence electrons. The third kappa shape index (κ3) is 4.25. The smallest absolute Gasteiger partial charge is 0.337 e. The van der Waals surface area contributed by atoms with Gasteiger partial charge >= 0.3 is 5.97 Å². The van der Waals surface area contributed by atoms with E-state index >= 15 is 0 Å². The van der Waals surface area contributed by atoms with Gasteiger partial charge in [0.25, 0.3) is 0 Å². The average Bonchev–Trinajstić information content (AvgIpc) is 2.34. The van der Waals surface area contributed by atoms with Crippen LogP contribution in [0, 0.1) is 0 Å². The fraction of sp³-hybridized carbons (Fsp3) is 0.231. The van der Waals surface area contributed by atoms with E-state index in [2.05, 4.69) is 4.74 Å². The van der Waals surface area contributed by atoms with Crippen LogP contribution in [0.25, 0.3) is 6.08 Å². The Morgan fingerprint density at radius 1 is 1.44 bits per heavy atom. The number of carbonyl (C=O) groups is 2. The van der Waals surface area contributed by atoms with Gasteiger partial charge < -0.3 is 9.84 Å². The topological polar surface area (TPSA) is 63.6 Å². The molecule has 0 atom stereocenters. The maximum Gasteiger partial charge on any atom is 0.337 e. The molecule has 1 aromatic carbocycles. The van der Waals surface area contributed by atoms with Crippen molar-refractivity contribution < 1.29 is 19.4 Å². The van der Waals surface area contributed by atoms with Crippen molar-refractivity contribution >= 4 is 28.9 Å². The second-order valence-corrected chi connectivity index (χ2v) is 4.67. The Bertz CT molecular complexity index is 480. The normalized spacial score (nSPS) is 10.6. The molecule has 1 N–H and O–H groups in total. The van der Waals surface area contributed by atoms with Gasteiger partial charge in [0.05, 0.1) is 12.7 Å². The molecule has 0 amide bonds. The van der Waals surface area contributed by atoms with Crippen LogP contribution in [-0.2, 0) is 9.53 Å². The van der Waals surface area contributed by atoms with Crippen LogP contribution in [-0.4, -0.2) is 29.1 Å². The van der Waals surface area contributed by atoms with Gasteiger partial charge in [-0.25, -0.2) is 4.79 Å². The fourth-order valence-corrected chi connectivity index (χ4v) is 1.70. The van der Waals surface area contributed by atoms with Gasteiger partial charge in [-0.3, -0.25) is 4.79 Å². The van der Waals surface area contributed by atoms with Crippen LogP contribution >= 0.6 is 11.8 Å². The minimum Gasteiger partial charge on any atom is -0.507 e. The van der Waals surface area contributed by atoms with E-state index in [1.807, 2.05) is 0 Å². The minimum absolute atomic E-state index is 0.00183. The Morgan fingerprint density at radius 2 is 2.17 bits per heavy atom. The average molecular weight is 266 g/mol. The summed E-state index contributed by atoms with van der Waals surface area (Å²) in [5.74, 6) is 0.0583. The zero-order valence-corrected chi connectivity index (χ0v) is 11.0. The Morgan fingerprint density at radius 3 is 2.72 bits per heavy atom. The number of ether oxygens (including phenoxy) is 1. The summed E-state index contributed by atoms with van der Waals surface area (Å²) >= 11 is 1.19. The SMILES string of the molecule is COC(=O)c1ccc(C=CCSC(C)=O)c(O)c1. The van der Waals surface area contributed by atoms with Gasteiger partial charge in [-0.05, 0) is 12.1 Å². The molecule has 1 aromatic rings. The van der Waals surface area contributed by atoms with Gasteiger partial charge in [0.2, 0.25) is 0 Å². The summed E-state index contributed by atoms with van der Waals surface area (Å²) in [5.41, 5.74) is 0.886. The van der Waals surface area contributed by atoms with Crippen molar-refractivity contribution in [2.75, 3.05) is 12.9 Å². The van der Waals surface area contributed by atoms with Gasteiger partial charge in [0.15, 0.2) is 5.12 Å². The number of thioether (sulfide) groups is 1. The van der Waals surface area contributed by atoms with Crippen molar-refractivity contribution in [3.63, 3.8) is 0 Å². The molecule has 0 fully saturated rings. The van der Waals surface area contributed by atoms with E-state index in [4.69, 9.17) is 0 Å². The molecule has 5 heteroatoms. The minimum atomic E-state index is -0.493. The van der Waals surface area contributed by atoms with E-state index in [1.54, 1.807) is 24.3 Å². The first-order valence-corrected chi connectivity index (χ1v) is 6.24. The van der Waals surface area contributed by atoms with Gasteiger partial charge in [-0.1, -0.05) is 30.0 Å². The maximum atomic E-state index is 11.2. The highest BCUT2D eigenvalue weighted by molar-refractivity contribution is 8.13. The summed E-state index contributed by atoms with van der Waals surface area (Å²) in [5, 5.41) is 9.76. The number of hydrogen-bond donors (Lipinski definition) is 1. The van der Waals surface area contributed by atoms with Crippen molar-refractivity contribution in [3.8, 4) is 5.75 Å². The molecule has 0 saturated heterocycles.